The molecule has 0 aromatic heterocycles. The van der Waals surface area contributed by atoms with Gasteiger partial charge in [0.2, 0.25) is 0 Å². The minimum atomic E-state index is -4.44. The van der Waals surface area contributed by atoms with Gasteiger partial charge in [-0.2, -0.15) is 13.2 Å². The second kappa shape index (κ2) is 10.3. The average molecular weight is 355 g/mol. The lowest BCUT2D eigenvalue weighted by molar-refractivity contribution is -0.137. The molecule has 1 atom stereocenters. The van der Waals surface area contributed by atoms with E-state index < -0.39 is 17.6 Å². The SMILES string of the molecule is CCCCC(CN)NC(=O)COc1cccc(C(F)(F)F)c1.Cl. The van der Waals surface area contributed by atoms with Crippen LogP contribution in [0.15, 0.2) is 24.3 Å². The Labute approximate surface area is 140 Å². The van der Waals surface area contributed by atoms with Crippen LogP contribution >= 0.6 is 12.4 Å². The molecule has 0 heterocycles. The maximum Gasteiger partial charge on any atom is 0.416 e. The highest BCUT2D eigenvalue weighted by Crippen LogP contribution is 2.31. The number of alkyl halides is 3. The number of amides is 1. The number of nitrogens with one attached hydrogen (secondary N) is 1. The fourth-order valence-electron chi connectivity index (χ4n) is 1.88. The predicted octanol–water partition coefficient (Wildman–Crippen LogP) is 3.14. The fraction of sp³-hybridized carbons (Fsp3) is 0.533. The van der Waals surface area contributed by atoms with Crippen molar-refractivity contribution in [2.75, 3.05) is 13.2 Å². The van der Waals surface area contributed by atoms with Gasteiger partial charge in [-0.3, -0.25) is 4.79 Å². The van der Waals surface area contributed by atoms with E-state index >= 15 is 0 Å². The molecule has 0 aliphatic heterocycles. The van der Waals surface area contributed by atoms with E-state index in [1.165, 1.54) is 12.1 Å². The van der Waals surface area contributed by atoms with E-state index in [1.807, 2.05) is 6.92 Å². The molecule has 1 amide bonds. The molecule has 1 aromatic carbocycles. The zero-order valence-corrected chi connectivity index (χ0v) is 13.7. The van der Waals surface area contributed by atoms with E-state index in [-0.39, 0.29) is 30.8 Å². The quantitative estimate of drug-likeness (QED) is 0.753. The highest BCUT2D eigenvalue weighted by molar-refractivity contribution is 5.85. The number of carbonyl (C=O) groups excluding carboxylic acids is 1. The highest BCUT2D eigenvalue weighted by Gasteiger charge is 2.30. The molecular weight excluding hydrogens is 333 g/mol. The summed E-state index contributed by atoms with van der Waals surface area (Å²) >= 11 is 0. The molecule has 23 heavy (non-hydrogen) atoms. The molecule has 0 saturated heterocycles. The summed E-state index contributed by atoms with van der Waals surface area (Å²) in [4.78, 5) is 11.7. The first kappa shape index (κ1) is 21.5. The van der Waals surface area contributed by atoms with Crippen molar-refractivity contribution in [2.24, 2.45) is 5.73 Å². The van der Waals surface area contributed by atoms with Gasteiger partial charge in [0.25, 0.3) is 5.91 Å². The first-order valence-electron chi connectivity index (χ1n) is 7.16. The third-order valence-electron chi connectivity index (χ3n) is 3.09. The minimum absolute atomic E-state index is 0. The van der Waals surface area contributed by atoms with Crippen molar-refractivity contribution >= 4 is 18.3 Å². The average Bonchev–Trinajstić information content (AvgIpc) is 2.48. The number of benzene rings is 1. The van der Waals surface area contributed by atoms with Crippen LogP contribution in [0, 0.1) is 0 Å². The number of rotatable bonds is 8. The topological polar surface area (TPSA) is 64.3 Å². The van der Waals surface area contributed by atoms with Crippen molar-refractivity contribution in [3.63, 3.8) is 0 Å². The maximum absolute atomic E-state index is 12.6. The Morgan fingerprint density at radius 3 is 2.65 bits per heavy atom. The molecule has 0 fully saturated rings. The molecule has 3 N–H and O–H groups in total. The molecule has 132 valence electrons. The summed E-state index contributed by atoms with van der Waals surface area (Å²) in [5, 5.41) is 2.71. The van der Waals surface area contributed by atoms with Gasteiger partial charge in [0, 0.05) is 12.6 Å². The van der Waals surface area contributed by atoms with Crippen molar-refractivity contribution in [1.29, 1.82) is 0 Å². The van der Waals surface area contributed by atoms with Gasteiger partial charge in [-0.05, 0) is 24.6 Å². The normalized spacial score (nSPS) is 12.2. The zero-order chi connectivity index (χ0) is 16.6. The molecule has 0 aliphatic carbocycles. The van der Waals surface area contributed by atoms with Crippen LogP contribution in [0.4, 0.5) is 13.2 Å². The predicted molar refractivity (Wildman–Crippen MR) is 84.7 cm³/mol. The molecule has 1 rings (SSSR count). The van der Waals surface area contributed by atoms with Crippen LogP contribution in [0.2, 0.25) is 0 Å². The van der Waals surface area contributed by atoms with Crippen LogP contribution in [0.25, 0.3) is 0 Å². The molecule has 0 bridgehead atoms. The molecule has 8 heteroatoms. The van der Waals surface area contributed by atoms with Crippen molar-refractivity contribution in [1.82, 2.24) is 5.32 Å². The van der Waals surface area contributed by atoms with E-state index in [9.17, 15) is 18.0 Å². The number of unbranched alkanes of at least 4 members (excludes halogenated alkanes) is 1. The van der Waals surface area contributed by atoms with Crippen LogP contribution in [-0.4, -0.2) is 25.1 Å². The van der Waals surface area contributed by atoms with Crippen LogP contribution in [0.3, 0.4) is 0 Å². The van der Waals surface area contributed by atoms with Crippen LogP contribution in [-0.2, 0) is 11.0 Å². The Balaban J connectivity index is 0.00000484. The maximum atomic E-state index is 12.6. The molecule has 0 aliphatic rings. The van der Waals surface area contributed by atoms with Gasteiger partial charge >= 0.3 is 6.18 Å². The molecule has 4 nitrogen and oxygen atoms in total. The number of hydrogen-bond acceptors (Lipinski definition) is 3. The van der Waals surface area contributed by atoms with Gasteiger partial charge in [0.05, 0.1) is 5.56 Å². The van der Waals surface area contributed by atoms with E-state index in [1.54, 1.807) is 0 Å². The van der Waals surface area contributed by atoms with Gasteiger partial charge in [-0.1, -0.05) is 25.8 Å². The molecule has 0 spiro atoms. The van der Waals surface area contributed by atoms with Crippen molar-refractivity contribution in [2.45, 2.75) is 38.4 Å². The van der Waals surface area contributed by atoms with Gasteiger partial charge in [0.15, 0.2) is 6.61 Å². The first-order valence-corrected chi connectivity index (χ1v) is 7.16. The number of halogens is 4. The number of carbonyl (C=O) groups is 1. The first-order chi connectivity index (χ1) is 10.4. The van der Waals surface area contributed by atoms with Gasteiger partial charge < -0.3 is 15.8 Å². The third kappa shape index (κ3) is 8.08. The number of nitrogens with two attached hydrogens (primary N) is 1. The number of ether oxygens (including phenoxy) is 1. The van der Waals surface area contributed by atoms with Crippen LogP contribution in [0.5, 0.6) is 5.75 Å². The molecule has 1 unspecified atom stereocenters. The lowest BCUT2D eigenvalue weighted by atomic mass is 10.1. The van der Waals surface area contributed by atoms with E-state index in [4.69, 9.17) is 10.5 Å². The third-order valence-corrected chi connectivity index (χ3v) is 3.09. The summed E-state index contributed by atoms with van der Waals surface area (Å²) in [7, 11) is 0. The van der Waals surface area contributed by atoms with Crippen molar-refractivity contribution < 1.29 is 22.7 Å². The van der Waals surface area contributed by atoms with Crippen LogP contribution < -0.4 is 15.8 Å². The molecule has 0 saturated carbocycles. The molecular formula is C15H22ClF3N2O2. The lowest BCUT2D eigenvalue weighted by Gasteiger charge is -2.16. The smallest absolute Gasteiger partial charge is 0.416 e. The molecule has 1 aromatic rings. The number of hydrogen-bond donors (Lipinski definition) is 2. The summed E-state index contributed by atoms with van der Waals surface area (Å²) in [5.74, 6) is -0.396. The highest BCUT2D eigenvalue weighted by atomic mass is 35.5. The Morgan fingerprint density at radius 1 is 1.39 bits per heavy atom. The fourth-order valence-corrected chi connectivity index (χ4v) is 1.88. The van der Waals surface area contributed by atoms with E-state index in [0.717, 1.165) is 31.4 Å². The van der Waals surface area contributed by atoms with E-state index in [2.05, 4.69) is 5.32 Å². The zero-order valence-electron chi connectivity index (χ0n) is 12.9. The Hall–Kier alpha value is -1.47. The second-order valence-electron chi connectivity index (χ2n) is 4.96. The van der Waals surface area contributed by atoms with Gasteiger partial charge in [0.1, 0.15) is 5.75 Å². The Bertz CT molecular complexity index is 484. The summed E-state index contributed by atoms with van der Waals surface area (Å²) in [6.07, 6.45) is -1.74. The Morgan fingerprint density at radius 2 is 2.09 bits per heavy atom. The van der Waals surface area contributed by atoms with Crippen molar-refractivity contribution in [3.05, 3.63) is 29.8 Å². The van der Waals surface area contributed by atoms with Crippen LogP contribution in [0.1, 0.15) is 31.7 Å². The summed E-state index contributed by atoms with van der Waals surface area (Å²) in [5.41, 5.74) is 4.74. The monoisotopic (exact) mass is 354 g/mol. The summed E-state index contributed by atoms with van der Waals surface area (Å²) in [6, 6.07) is 4.28. The summed E-state index contributed by atoms with van der Waals surface area (Å²) in [6.45, 7) is 2.01. The lowest BCUT2D eigenvalue weighted by Crippen LogP contribution is -2.42. The standard InChI is InChI=1S/C15H21F3N2O2.ClH/c1-2-3-6-12(9-19)20-14(21)10-22-13-7-4-5-11(8-13)15(16,17)18;/h4-5,7-8,12H,2-3,6,9-10,19H2,1H3,(H,20,21);1H. The molecule has 0 radical (unpaired) electrons. The Kier molecular flexibility index (Phi) is 9.67. The largest absolute Gasteiger partial charge is 0.484 e. The summed E-state index contributed by atoms with van der Waals surface area (Å²) < 4.78 is 42.8. The second-order valence-corrected chi connectivity index (χ2v) is 4.96. The van der Waals surface area contributed by atoms with Gasteiger partial charge in [-0.15, -0.1) is 12.4 Å². The van der Waals surface area contributed by atoms with Gasteiger partial charge in [-0.25, -0.2) is 0 Å². The minimum Gasteiger partial charge on any atom is -0.484 e. The van der Waals surface area contributed by atoms with E-state index in [0.29, 0.717) is 6.54 Å². The van der Waals surface area contributed by atoms with Crippen molar-refractivity contribution in [3.8, 4) is 5.75 Å².